The van der Waals surface area contributed by atoms with Gasteiger partial charge in [-0.3, -0.25) is 4.90 Å². The van der Waals surface area contributed by atoms with Gasteiger partial charge in [-0.25, -0.2) is 0 Å². The zero-order chi connectivity index (χ0) is 14.4. The molecule has 1 aromatic rings. The molecule has 0 spiro atoms. The highest BCUT2D eigenvalue weighted by Crippen LogP contribution is 2.26. The van der Waals surface area contributed by atoms with Crippen LogP contribution in [-0.4, -0.2) is 38.7 Å². The monoisotopic (exact) mass is 296 g/mol. The second-order valence-electron chi connectivity index (χ2n) is 5.57. The number of piperidine rings is 1. The van der Waals surface area contributed by atoms with Crippen LogP contribution in [0.4, 0.5) is 0 Å². The first kappa shape index (κ1) is 15.6. The summed E-state index contributed by atoms with van der Waals surface area (Å²) in [4.78, 5) is 2.50. The fraction of sp³-hybridized carbons (Fsp3) is 0.625. The van der Waals surface area contributed by atoms with E-state index in [-0.39, 0.29) is 0 Å². The van der Waals surface area contributed by atoms with Gasteiger partial charge in [0.2, 0.25) is 0 Å². The van der Waals surface area contributed by atoms with Crippen LogP contribution in [0.2, 0.25) is 5.02 Å². The maximum atomic E-state index is 6.28. The number of hydrogen-bond acceptors (Lipinski definition) is 3. The van der Waals surface area contributed by atoms with Crippen molar-refractivity contribution in [2.45, 2.75) is 25.8 Å². The summed E-state index contributed by atoms with van der Waals surface area (Å²) in [5.41, 5.74) is 1.17. The van der Waals surface area contributed by atoms with Crippen molar-refractivity contribution in [3.05, 3.63) is 28.8 Å². The fourth-order valence-corrected chi connectivity index (χ4v) is 3.00. The van der Waals surface area contributed by atoms with E-state index >= 15 is 0 Å². The molecule has 0 amide bonds. The summed E-state index contributed by atoms with van der Waals surface area (Å²) in [6, 6.07) is 5.89. The van der Waals surface area contributed by atoms with Crippen LogP contribution in [0.1, 0.15) is 24.8 Å². The highest BCUT2D eigenvalue weighted by atomic mass is 35.5. The molecule has 0 atom stereocenters. The number of methoxy groups -OCH3 is 1. The lowest BCUT2D eigenvalue weighted by atomic mass is 9.93. The third-order valence-corrected chi connectivity index (χ3v) is 4.53. The van der Waals surface area contributed by atoms with E-state index in [4.69, 9.17) is 16.3 Å². The van der Waals surface area contributed by atoms with Gasteiger partial charge in [0.05, 0.1) is 7.11 Å². The Bertz CT molecular complexity index is 417. The number of hydrogen-bond donors (Lipinski definition) is 1. The highest BCUT2D eigenvalue weighted by Gasteiger charge is 2.19. The summed E-state index contributed by atoms with van der Waals surface area (Å²) < 4.78 is 5.28. The summed E-state index contributed by atoms with van der Waals surface area (Å²) >= 11 is 6.28. The van der Waals surface area contributed by atoms with Gasteiger partial charge in [0.15, 0.2) is 0 Å². The molecule has 0 aliphatic carbocycles. The van der Waals surface area contributed by atoms with E-state index in [0.29, 0.717) is 0 Å². The van der Waals surface area contributed by atoms with Crippen LogP contribution in [0.3, 0.4) is 0 Å². The van der Waals surface area contributed by atoms with Gasteiger partial charge >= 0.3 is 0 Å². The van der Waals surface area contributed by atoms with E-state index in [9.17, 15) is 0 Å². The van der Waals surface area contributed by atoms with Gasteiger partial charge in [-0.1, -0.05) is 11.6 Å². The molecule has 0 bridgehead atoms. The van der Waals surface area contributed by atoms with Gasteiger partial charge < -0.3 is 10.1 Å². The lowest BCUT2D eigenvalue weighted by molar-refractivity contribution is 0.172. The van der Waals surface area contributed by atoms with E-state index in [1.807, 2.05) is 19.2 Å². The molecule has 1 saturated heterocycles. The van der Waals surface area contributed by atoms with E-state index < -0.39 is 0 Å². The van der Waals surface area contributed by atoms with Crippen LogP contribution in [0.5, 0.6) is 5.75 Å². The Balaban J connectivity index is 1.86. The number of benzene rings is 1. The third kappa shape index (κ3) is 4.37. The third-order valence-electron chi connectivity index (χ3n) is 4.16. The predicted molar refractivity (Wildman–Crippen MR) is 84.5 cm³/mol. The minimum atomic E-state index is 0.836. The van der Waals surface area contributed by atoms with Crippen LogP contribution < -0.4 is 10.1 Å². The molecule has 1 aromatic carbocycles. The second-order valence-corrected chi connectivity index (χ2v) is 5.98. The summed E-state index contributed by atoms with van der Waals surface area (Å²) in [6.45, 7) is 4.39. The summed E-state index contributed by atoms with van der Waals surface area (Å²) in [5.74, 6) is 1.76. The largest absolute Gasteiger partial charge is 0.497 e. The standard InChI is InChI=1S/C16H25ClN2O/c1-18-8-5-13-6-9-19(10-7-13)12-14-11-15(20-2)3-4-16(14)17/h3-4,11,13,18H,5-10,12H2,1-2H3. The van der Waals surface area contributed by atoms with Gasteiger partial charge in [-0.2, -0.15) is 0 Å². The molecular formula is C16H25ClN2O. The van der Waals surface area contributed by atoms with Gasteiger partial charge in [0.1, 0.15) is 5.75 Å². The predicted octanol–water partition coefficient (Wildman–Crippen LogP) is 3.17. The topological polar surface area (TPSA) is 24.5 Å². The number of nitrogens with zero attached hydrogens (tertiary/aromatic N) is 1. The minimum absolute atomic E-state index is 0.836. The van der Waals surface area contributed by atoms with Crippen molar-refractivity contribution in [2.75, 3.05) is 33.8 Å². The molecule has 0 aromatic heterocycles. The van der Waals surface area contributed by atoms with E-state index in [1.165, 1.54) is 37.9 Å². The Labute approximate surface area is 127 Å². The molecule has 1 aliphatic heterocycles. The molecule has 1 aliphatic rings. The maximum absolute atomic E-state index is 6.28. The smallest absolute Gasteiger partial charge is 0.119 e. The molecule has 1 fully saturated rings. The minimum Gasteiger partial charge on any atom is -0.497 e. The van der Waals surface area contributed by atoms with Crippen molar-refractivity contribution < 1.29 is 4.74 Å². The normalized spacial score (nSPS) is 17.4. The van der Waals surface area contributed by atoms with Gasteiger partial charge in [0, 0.05) is 11.6 Å². The van der Waals surface area contributed by atoms with Crippen LogP contribution in [0.15, 0.2) is 18.2 Å². The molecule has 0 unspecified atom stereocenters. The Morgan fingerprint density at radius 1 is 1.35 bits per heavy atom. The van der Waals surface area contributed by atoms with Crippen LogP contribution >= 0.6 is 11.6 Å². The van der Waals surface area contributed by atoms with E-state index in [2.05, 4.69) is 16.3 Å². The molecule has 1 heterocycles. The molecule has 0 saturated carbocycles. The Hall–Kier alpha value is -0.770. The van der Waals surface area contributed by atoms with Gasteiger partial charge in [-0.05, 0) is 75.6 Å². The van der Waals surface area contributed by atoms with Crippen molar-refractivity contribution in [2.24, 2.45) is 5.92 Å². The number of rotatable bonds is 6. The quantitative estimate of drug-likeness (QED) is 0.873. The molecule has 20 heavy (non-hydrogen) atoms. The molecule has 2 rings (SSSR count). The first-order valence-electron chi connectivity index (χ1n) is 7.42. The first-order valence-corrected chi connectivity index (χ1v) is 7.80. The Morgan fingerprint density at radius 3 is 2.75 bits per heavy atom. The van der Waals surface area contributed by atoms with Crippen molar-refractivity contribution in [3.8, 4) is 5.75 Å². The zero-order valence-corrected chi connectivity index (χ0v) is 13.2. The van der Waals surface area contributed by atoms with E-state index in [1.54, 1.807) is 7.11 Å². The zero-order valence-electron chi connectivity index (χ0n) is 12.5. The van der Waals surface area contributed by atoms with Crippen LogP contribution in [-0.2, 0) is 6.54 Å². The SMILES string of the molecule is CNCCC1CCN(Cc2cc(OC)ccc2Cl)CC1. The second kappa shape index (κ2) is 7.87. The summed E-state index contributed by atoms with van der Waals surface area (Å²) in [6.07, 6.45) is 3.89. The van der Waals surface area contributed by atoms with Gasteiger partial charge in [0.25, 0.3) is 0 Å². The number of halogens is 1. The lowest BCUT2D eigenvalue weighted by Gasteiger charge is -2.32. The lowest BCUT2D eigenvalue weighted by Crippen LogP contribution is -2.34. The average molecular weight is 297 g/mol. The number of ether oxygens (including phenoxy) is 1. The van der Waals surface area contributed by atoms with Crippen molar-refractivity contribution in [3.63, 3.8) is 0 Å². The molecule has 4 heteroatoms. The Morgan fingerprint density at radius 2 is 2.10 bits per heavy atom. The first-order chi connectivity index (χ1) is 9.72. The highest BCUT2D eigenvalue weighted by molar-refractivity contribution is 6.31. The van der Waals surface area contributed by atoms with Crippen molar-refractivity contribution in [1.82, 2.24) is 10.2 Å². The number of likely N-dealkylation sites (tertiary alicyclic amines) is 1. The number of nitrogens with one attached hydrogen (secondary N) is 1. The van der Waals surface area contributed by atoms with Gasteiger partial charge in [-0.15, -0.1) is 0 Å². The van der Waals surface area contributed by atoms with E-state index in [0.717, 1.165) is 29.8 Å². The average Bonchev–Trinajstić information content (AvgIpc) is 2.49. The summed E-state index contributed by atoms with van der Waals surface area (Å²) in [7, 11) is 3.72. The maximum Gasteiger partial charge on any atom is 0.119 e. The molecule has 3 nitrogen and oxygen atoms in total. The Kier molecular flexibility index (Phi) is 6.14. The van der Waals surface area contributed by atoms with Crippen molar-refractivity contribution >= 4 is 11.6 Å². The van der Waals surface area contributed by atoms with Crippen LogP contribution in [0, 0.1) is 5.92 Å². The molecular weight excluding hydrogens is 272 g/mol. The van der Waals surface area contributed by atoms with Crippen LogP contribution in [0.25, 0.3) is 0 Å². The fourth-order valence-electron chi connectivity index (χ4n) is 2.82. The van der Waals surface area contributed by atoms with Crippen molar-refractivity contribution in [1.29, 1.82) is 0 Å². The summed E-state index contributed by atoms with van der Waals surface area (Å²) in [5, 5.41) is 4.08. The molecule has 1 N–H and O–H groups in total. The molecule has 112 valence electrons. The molecule has 0 radical (unpaired) electrons.